The van der Waals surface area contributed by atoms with Crippen LogP contribution in [-0.4, -0.2) is 51.8 Å². The summed E-state index contributed by atoms with van der Waals surface area (Å²) in [5, 5.41) is 10.3. The quantitative estimate of drug-likeness (QED) is 0.373. The predicted octanol–water partition coefficient (Wildman–Crippen LogP) is 3.74. The molecule has 1 N–H and O–H groups in total. The Morgan fingerprint density at radius 3 is 2.57 bits per heavy atom. The van der Waals surface area contributed by atoms with E-state index in [0.717, 1.165) is 32.1 Å². The molecule has 0 bridgehead atoms. The Kier molecular flexibility index (Phi) is 4.62. The average Bonchev–Trinajstić information content (AvgIpc) is 3.35. The number of Topliss-reactive ketones (excluding diaryl/α,β-unsaturated/α-hetero) is 1. The van der Waals surface area contributed by atoms with E-state index in [-0.39, 0.29) is 41.2 Å². The zero-order chi connectivity index (χ0) is 21.7. The minimum absolute atomic E-state index is 0.135. The molecule has 1 unspecified atom stereocenters. The van der Waals surface area contributed by atoms with Crippen molar-refractivity contribution in [3.8, 4) is 0 Å². The van der Waals surface area contributed by atoms with Gasteiger partial charge in [-0.15, -0.1) is 0 Å². The molecule has 10 atom stereocenters. The Morgan fingerprint density at radius 2 is 1.87 bits per heavy atom. The van der Waals surface area contributed by atoms with E-state index in [2.05, 4.69) is 29.8 Å². The summed E-state index contributed by atoms with van der Waals surface area (Å²) in [5.74, 6) is 0.205. The molecule has 1 aliphatic heterocycles. The first-order chi connectivity index (χ1) is 14.0. The molecule has 0 aromatic heterocycles. The van der Waals surface area contributed by atoms with Crippen LogP contribution in [0.1, 0.15) is 65.7 Å². The molecule has 4 saturated carbocycles. The van der Waals surface area contributed by atoms with Gasteiger partial charge in [0.25, 0.3) is 0 Å². The molecule has 0 radical (unpaired) electrons. The van der Waals surface area contributed by atoms with Gasteiger partial charge in [0.05, 0.1) is 16.5 Å². The Morgan fingerprint density at radius 1 is 1.17 bits per heavy atom. The lowest BCUT2D eigenvalue weighted by atomic mass is 9.44. The number of esters is 1. The van der Waals surface area contributed by atoms with Crippen LogP contribution in [0.15, 0.2) is 0 Å². The van der Waals surface area contributed by atoms with Gasteiger partial charge in [-0.2, -0.15) is 0 Å². The molecule has 30 heavy (non-hydrogen) atoms. The van der Waals surface area contributed by atoms with E-state index in [0.29, 0.717) is 18.8 Å². The molecule has 4 aliphatic carbocycles. The summed E-state index contributed by atoms with van der Waals surface area (Å²) >= 11 is 3.81. The van der Waals surface area contributed by atoms with Crippen molar-refractivity contribution in [1.82, 2.24) is 0 Å². The second-order valence-corrected chi connectivity index (χ2v) is 12.4. The van der Waals surface area contributed by atoms with Gasteiger partial charge >= 0.3 is 5.97 Å². The summed E-state index contributed by atoms with van der Waals surface area (Å²) in [7, 11) is 0. The van der Waals surface area contributed by atoms with Crippen LogP contribution in [-0.2, 0) is 19.1 Å². The third kappa shape index (κ3) is 2.46. The smallest absolute Gasteiger partial charge is 0.303 e. The third-order valence-corrected chi connectivity index (χ3v) is 11.7. The SMILES string of the molecule is CC(=O)OCC(=O)[C@@]12O[C@@H]1C[C@H]1[C@@H]3CC(F)[C@@]4(Br)C[C@H](O)CC[C@]4(C)[C@H]3CC[C@@]12C. The molecule has 7 heteroatoms. The summed E-state index contributed by atoms with van der Waals surface area (Å²) in [4.78, 5) is 24.3. The predicted molar refractivity (Wildman–Crippen MR) is 111 cm³/mol. The maximum atomic E-state index is 15.7. The number of alkyl halides is 2. The lowest BCUT2D eigenvalue weighted by Gasteiger charge is -2.65. The lowest BCUT2D eigenvalue weighted by Crippen LogP contribution is -2.65. The van der Waals surface area contributed by atoms with Crippen LogP contribution in [0.2, 0.25) is 0 Å². The Hall–Kier alpha value is -0.530. The number of aliphatic hydroxyl groups is 1. The first kappa shape index (κ1) is 21.3. The summed E-state index contributed by atoms with van der Waals surface area (Å²) in [6, 6.07) is 0. The highest BCUT2D eigenvalue weighted by Gasteiger charge is 2.81. The average molecular weight is 487 g/mol. The molecule has 1 heterocycles. The number of rotatable bonds is 3. The van der Waals surface area contributed by atoms with Crippen molar-refractivity contribution in [3.63, 3.8) is 0 Å². The number of ketones is 1. The van der Waals surface area contributed by atoms with Crippen LogP contribution < -0.4 is 0 Å². The molecule has 5 aliphatic rings. The van der Waals surface area contributed by atoms with Crippen molar-refractivity contribution in [2.75, 3.05) is 6.61 Å². The van der Waals surface area contributed by atoms with Gasteiger partial charge < -0.3 is 14.6 Å². The number of ether oxygens (including phenoxy) is 2. The molecular weight excluding hydrogens is 455 g/mol. The van der Waals surface area contributed by atoms with E-state index in [4.69, 9.17) is 9.47 Å². The van der Waals surface area contributed by atoms with Crippen molar-refractivity contribution >= 4 is 27.7 Å². The van der Waals surface area contributed by atoms with Crippen LogP contribution in [0.3, 0.4) is 0 Å². The minimum atomic E-state index is -1.02. The van der Waals surface area contributed by atoms with Crippen molar-refractivity contribution in [3.05, 3.63) is 0 Å². The van der Waals surface area contributed by atoms with Gasteiger partial charge in [-0.1, -0.05) is 29.8 Å². The highest BCUT2D eigenvalue weighted by atomic mass is 79.9. The summed E-state index contributed by atoms with van der Waals surface area (Å²) in [5.41, 5.74) is -1.42. The zero-order valence-corrected chi connectivity index (χ0v) is 19.5. The lowest BCUT2D eigenvalue weighted by molar-refractivity contribution is -0.162. The number of aliphatic hydroxyl groups excluding tert-OH is 1. The molecule has 168 valence electrons. The fourth-order valence-corrected chi connectivity index (χ4v) is 9.41. The van der Waals surface area contributed by atoms with Crippen LogP contribution in [0.25, 0.3) is 0 Å². The van der Waals surface area contributed by atoms with E-state index >= 15 is 4.39 Å². The molecule has 0 spiro atoms. The minimum Gasteiger partial charge on any atom is -0.458 e. The second kappa shape index (κ2) is 6.50. The molecular formula is C23H32BrFO5. The van der Waals surface area contributed by atoms with Crippen LogP contribution in [0.4, 0.5) is 4.39 Å². The molecule has 0 aromatic rings. The number of epoxide rings is 1. The first-order valence-electron chi connectivity index (χ1n) is 11.3. The highest BCUT2D eigenvalue weighted by molar-refractivity contribution is 9.10. The molecule has 5 fully saturated rings. The summed E-state index contributed by atoms with van der Waals surface area (Å²) < 4.78 is 26.1. The summed E-state index contributed by atoms with van der Waals surface area (Å²) in [6.07, 6.45) is 3.45. The number of fused-ring (bicyclic) bond motifs is 7. The first-order valence-corrected chi connectivity index (χ1v) is 12.1. The van der Waals surface area contributed by atoms with Gasteiger partial charge in [0, 0.05) is 12.3 Å². The van der Waals surface area contributed by atoms with Crippen molar-refractivity contribution < 1.29 is 28.6 Å². The number of carbonyl (C=O) groups is 2. The summed E-state index contributed by atoms with van der Waals surface area (Å²) in [6.45, 7) is 5.42. The van der Waals surface area contributed by atoms with Crippen molar-refractivity contribution in [1.29, 1.82) is 0 Å². The Balaban J connectivity index is 1.44. The van der Waals surface area contributed by atoms with E-state index in [1.165, 1.54) is 6.92 Å². The maximum absolute atomic E-state index is 15.7. The maximum Gasteiger partial charge on any atom is 0.303 e. The van der Waals surface area contributed by atoms with Gasteiger partial charge in [-0.25, -0.2) is 4.39 Å². The fraction of sp³-hybridized carbons (Fsp3) is 0.913. The van der Waals surface area contributed by atoms with Gasteiger partial charge in [0.1, 0.15) is 6.17 Å². The van der Waals surface area contributed by atoms with Gasteiger partial charge in [-0.3, -0.25) is 9.59 Å². The van der Waals surface area contributed by atoms with E-state index in [9.17, 15) is 14.7 Å². The zero-order valence-electron chi connectivity index (χ0n) is 18.0. The standard InChI is InChI=1S/C23H32BrFO5/c1-12(26)29-11-18(28)23-19(30-23)9-16-14-8-17(25)22(24)10-13(27)4-6-20(22,2)15(14)5-7-21(16,23)3/h13-17,19,27H,4-11H2,1-3H3/t13-,14-,15+,16+,17?,19-,20-,21+,22+,23-/m1/s1. The van der Waals surface area contributed by atoms with Crippen LogP contribution in [0, 0.1) is 28.6 Å². The molecule has 0 amide bonds. The normalized spacial score (nSPS) is 56.2. The molecule has 0 aromatic carbocycles. The molecule has 5 nitrogen and oxygen atoms in total. The Labute approximate surface area is 185 Å². The number of hydrogen-bond donors (Lipinski definition) is 1. The van der Waals surface area contributed by atoms with E-state index in [1.807, 2.05) is 0 Å². The van der Waals surface area contributed by atoms with Crippen molar-refractivity contribution in [2.24, 2.45) is 28.6 Å². The number of halogens is 2. The second-order valence-electron chi connectivity index (χ2n) is 11.0. The topological polar surface area (TPSA) is 76.1 Å². The van der Waals surface area contributed by atoms with Crippen LogP contribution in [0.5, 0.6) is 0 Å². The van der Waals surface area contributed by atoms with E-state index in [1.54, 1.807) is 0 Å². The third-order valence-electron chi connectivity index (χ3n) is 9.96. The highest BCUT2D eigenvalue weighted by Crippen LogP contribution is 2.75. The molecule has 5 rings (SSSR count). The van der Waals surface area contributed by atoms with Gasteiger partial charge in [0.2, 0.25) is 5.78 Å². The van der Waals surface area contributed by atoms with Gasteiger partial charge in [-0.05, 0) is 68.1 Å². The van der Waals surface area contributed by atoms with E-state index < -0.39 is 28.2 Å². The van der Waals surface area contributed by atoms with Crippen LogP contribution >= 0.6 is 15.9 Å². The Bertz CT molecular complexity index is 792. The number of hydrogen-bond acceptors (Lipinski definition) is 5. The molecule has 1 saturated heterocycles. The van der Waals surface area contributed by atoms with Gasteiger partial charge in [0.15, 0.2) is 12.2 Å². The van der Waals surface area contributed by atoms with Crippen molar-refractivity contribution in [2.45, 2.75) is 94.0 Å². The largest absolute Gasteiger partial charge is 0.458 e. The fourth-order valence-electron chi connectivity index (χ4n) is 8.36. The monoisotopic (exact) mass is 486 g/mol. The number of carbonyl (C=O) groups excluding carboxylic acids is 2.